The Balaban J connectivity index is 1.69. The maximum atomic E-state index is 8.55. The molecule has 2 heterocycles. The summed E-state index contributed by atoms with van der Waals surface area (Å²) in [6, 6.07) is 2.12. The molecule has 0 N–H and O–H groups in total. The molecule has 0 aromatic rings. The molecule has 2 aliphatic heterocycles. The van der Waals surface area contributed by atoms with Gasteiger partial charge in [-0.15, -0.1) is 0 Å². The van der Waals surface area contributed by atoms with Crippen molar-refractivity contribution in [1.82, 2.24) is 0 Å². The summed E-state index contributed by atoms with van der Waals surface area (Å²) in [5.41, 5.74) is 0. The second-order valence-electron chi connectivity index (χ2n) is 4.20. The number of thioether (sulfide) groups is 1. The lowest BCUT2D eigenvalue weighted by Crippen LogP contribution is -2.20. The van der Waals surface area contributed by atoms with Crippen molar-refractivity contribution in [2.45, 2.75) is 38.1 Å². The zero-order valence-electron chi connectivity index (χ0n) is 8.85. The first kappa shape index (κ1) is 11.3. The Morgan fingerprint density at radius 2 is 2.40 bits per heavy atom. The van der Waals surface area contributed by atoms with Crippen LogP contribution in [0.5, 0.6) is 0 Å². The summed E-state index contributed by atoms with van der Waals surface area (Å²) in [6.45, 7) is 0.595. The molecule has 0 aliphatic carbocycles. The molecular formula is C11H17NO2S. The molecule has 2 rings (SSSR count). The van der Waals surface area contributed by atoms with Crippen LogP contribution in [0.3, 0.4) is 0 Å². The lowest BCUT2D eigenvalue weighted by Gasteiger charge is -2.23. The fourth-order valence-electron chi connectivity index (χ4n) is 2.11. The molecular weight excluding hydrogens is 210 g/mol. The van der Waals surface area contributed by atoms with Gasteiger partial charge in [-0.2, -0.15) is 17.0 Å². The highest BCUT2D eigenvalue weighted by Crippen LogP contribution is 2.29. The van der Waals surface area contributed by atoms with Gasteiger partial charge in [0.2, 0.25) is 0 Å². The zero-order chi connectivity index (χ0) is 10.5. The van der Waals surface area contributed by atoms with Crippen LogP contribution in [0, 0.1) is 17.2 Å². The van der Waals surface area contributed by atoms with E-state index >= 15 is 0 Å². The van der Waals surface area contributed by atoms with Crippen LogP contribution in [0.15, 0.2) is 0 Å². The second-order valence-corrected chi connectivity index (χ2v) is 5.35. The Bertz CT molecular complexity index is 235. The van der Waals surface area contributed by atoms with Gasteiger partial charge in [-0.25, -0.2) is 0 Å². The fraction of sp³-hybridized carbons (Fsp3) is 0.909. The van der Waals surface area contributed by atoms with E-state index in [9.17, 15) is 0 Å². The number of hydrogen-bond acceptors (Lipinski definition) is 4. The zero-order valence-corrected chi connectivity index (χ0v) is 9.67. The number of nitrogens with zero attached hydrogens (tertiary/aromatic N) is 1. The minimum absolute atomic E-state index is 0.0104. The highest BCUT2D eigenvalue weighted by atomic mass is 32.2. The van der Waals surface area contributed by atoms with Crippen LogP contribution >= 0.6 is 11.8 Å². The van der Waals surface area contributed by atoms with Crippen LogP contribution < -0.4 is 0 Å². The molecule has 0 saturated carbocycles. The molecule has 0 spiro atoms. The van der Waals surface area contributed by atoms with E-state index in [2.05, 4.69) is 6.07 Å². The van der Waals surface area contributed by atoms with Gasteiger partial charge in [0.05, 0.1) is 25.2 Å². The summed E-state index contributed by atoms with van der Waals surface area (Å²) in [5, 5.41) is 8.55. The Kier molecular flexibility index (Phi) is 4.30. The van der Waals surface area contributed by atoms with Crippen LogP contribution in [0.25, 0.3) is 0 Å². The summed E-state index contributed by atoms with van der Waals surface area (Å²) < 4.78 is 11.2. The standard InChI is InChI=1S/C11H17NO2S/c12-4-3-10-7-13-11(14-10)6-9-2-1-5-15-8-9/h9-11H,1-3,5-8H2. The first-order valence-corrected chi connectivity index (χ1v) is 6.75. The predicted molar refractivity (Wildman–Crippen MR) is 59.5 cm³/mol. The van der Waals surface area contributed by atoms with Crippen LogP contribution in [-0.4, -0.2) is 30.5 Å². The van der Waals surface area contributed by atoms with Gasteiger partial charge in [0.25, 0.3) is 0 Å². The van der Waals surface area contributed by atoms with E-state index in [1.807, 2.05) is 11.8 Å². The van der Waals surface area contributed by atoms with Crippen molar-refractivity contribution in [3.8, 4) is 6.07 Å². The minimum Gasteiger partial charge on any atom is -0.350 e. The molecule has 0 amide bonds. The van der Waals surface area contributed by atoms with E-state index in [4.69, 9.17) is 14.7 Å². The highest BCUT2D eigenvalue weighted by Gasteiger charge is 2.28. The maximum absolute atomic E-state index is 8.55. The molecule has 2 aliphatic rings. The first-order valence-electron chi connectivity index (χ1n) is 5.60. The van der Waals surface area contributed by atoms with Gasteiger partial charge in [-0.1, -0.05) is 0 Å². The summed E-state index contributed by atoms with van der Waals surface area (Å²) >= 11 is 2.03. The largest absolute Gasteiger partial charge is 0.350 e. The molecule has 3 atom stereocenters. The molecule has 4 heteroatoms. The van der Waals surface area contributed by atoms with E-state index in [1.54, 1.807) is 0 Å². The van der Waals surface area contributed by atoms with Gasteiger partial charge in [-0.05, 0) is 30.3 Å². The van der Waals surface area contributed by atoms with Gasteiger partial charge in [0.15, 0.2) is 6.29 Å². The van der Waals surface area contributed by atoms with Crippen LogP contribution in [0.1, 0.15) is 25.7 Å². The van der Waals surface area contributed by atoms with Crippen molar-refractivity contribution in [3.63, 3.8) is 0 Å². The van der Waals surface area contributed by atoms with Gasteiger partial charge in [-0.3, -0.25) is 0 Å². The number of ether oxygens (including phenoxy) is 2. The van der Waals surface area contributed by atoms with E-state index in [-0.39, 0.29) is 12.4 Å². The van der Waals surface area contributed by atoms with Crippen molar-refractivity contribution in [2.24, 2.45) is 5.92 Å². The van der Waals surface area contributed by atoms with Crippen molar-refractivity contribution < 1.29 is 9.47 Å². The maximum Gasteiger partial charge on any atom is 0.158 e. The topological polar surface area (TPSA) is 42.2 Å². The van der Waals surface area contributed by atoms with Crippen molar-refractivity contribution in [1.29, 1.82) is 5.26 Å². The van der Waals surface area contributed by atoms with Gasteiger partial charge < -0.3 is 9.47 Å². The Morgan fingerprint density at radius 1 is 1.47 bits per heavy atom. The summed E-state index contributed by atoms with van der Waals surface area (Å²) in [5.74, 6) is 3.29. The smallest absolute Gasteiger partial charge is 0.158 e. The third-order valence-corrected chi connectivity index (χ3v) is 4.20. The number of hydrogen-bond donors (Lipinski definition) is 0. The third kappa shape index (κ3) is 3.37. The van der Waals surface area contributed by atoms with Crippen LogP contribution in [-0.2, 0) is 9.47 Å². The lowest BCUT2D eigenvalue weighted by molar-refractivity contribution is -0.0696. The van der Waals surface area contributed by atoms with E-state index < -0.39 is 0 Å². The van der Waals surface area contributed by atoms with Crippen molar-refractivity contribution in [3.05, 3.63) is 0 Å². The molecule has 2 saturated heterocycles. The number of rotatable bonds is 3. The van der Waals surface area contributed by atoms with Crippen molar-refractivity contribution >= 4 is 11.8 Å². The number of nitriles is 1. The Labute approximate surface area is 95.1 Å². The molecule has 0 radical (unpaired) electrons. The molecule has 84 valence electrons. The average molecular weight is 227 g/mol. The monoisotopic (exact) mass is 227 g/mol. The summed E-state index contributed by atoms with van der Waals surface area (Å²) in [4.78, 5) is 0. The highest BCUT2D eigenvalue weighted by molar-refractivity contribution is 7.99. The van der Waals surface area contributed by atoms with Gasteiger partial charge in [0.1, 0.15) is 0 Å². The SMILES string of the molecule is N#CCC1COC(CC2CCCSC2)O1. The van der Waals surface area contributed by atoms with Gasteiger partial charge >= 0.3 is 0 Å². The molecule has 15 heavy (non-hydrogen) atoms. The average Bonchev–Trinajstić information content (AvgIpc) is 2.68. The van der Waals surface area contributed by atoms with E-state index in [0.717, 1.165) is 12.3 Å². The minimum atomic E-state index is -0.0490. The Hall–Kier alpha value is -0.240. The lowest BCUT2D eigenvalue weighted by atomic mass is 10.0. The van der Waals surface area contributed by atoms with E-state index in [0.29, 0.717) is 13.0 Å². The quantitative estimate of drug-likeness (QED) is 0.741. The second kappa shape index (κ2) is 5.74. The molecule has 3 nitrogen and oxygen atoms in total. The van der Waals surface area contributed by atoms with Crippen molar-refractivity contribution in [2.75, 3.05) is 18.1 Å². The normalized spacial score (nSPS) is 36.3. The first-order chi connectivity index (χ1) is 7.38. The molecule has 3 unspecified atom stereocenters. The fourth-order valence-corrected chi connectivity index (χ4v) is 3.28. The summed E-state index contributed by atoms with van der Waals surface area (Å²) in [6.07, 6.45) is 4.05. The Morgan fingerprint density at radius 3 is 3.13 bits per heavy atom. The summed E-state index contributed by atoms with van der Waals surface area (Å²) in [7, 11) is 0. The van der Waals surface area contributed by atoms with Crippen LogP contribution in [0.4, 0.5) is 0 Å². The molecule has 0 bridgehead atoms. The van der Waals surface area contributed by atoms with E-state index in [1.165, 1.54) is 24.3 Å². The molecule has 0 aromatic heterocycles. The predicted octanol–water partition coefficient (Wildman–Crippen LogP) is 2.17. The third-order valence-electron chi connectivity index (χ3n) is 2.91. The van der Waals surface area contributed by atoms with Crippen LogP contribution in [0.2, 0.25) is 0 Å². The van der Waals surface area contributed by atoms with Gasteiger partial charge in [0, 0.05) is 6.42 Å². The molecule has 0 aromatic carbocycles. The molecule has 2 fully saturated rings.